The highest BCUT2D eigenvalue weighted by Gasteiger charge is 2.46. The van der Waals surface area contributed by atoms with Crippen molar-refractivity contribution in [2.45, 2.75) is 33.4 Å². The van der Waals surface area contributed by atoms with E-state index < -0.39 is 17.7 Å². The van der Waals surface area contributed by atoms with Gasteiger partial charge in [-0.2, -0.15) is 0 Å². The van der Waals surface area contributed by atoms with Gasteiger partial charge in [0.05, 0.1) is 24.8 Å². The number of aryl methyl sites for hydroxylation is 1. The van der Waals surface area contributed by atoms with E-state index in [9.17, 15) is 14.7 Å². The second-order valence-electron chi connectivity index (χ2n) is 8.80. The summed E-state index contributed by atoms with van der Waals surface area (Å²) in [6.07, 6.45) is 6.77. The van der Waals surface area contributed by atoms with E-state index in [-0.39, 0.29) is 17.9 Å². The fourth-order valence-electron chi connectivity index (χ4n) is 4.06. The predicted octanol–water partition coefficient (Wildman–Crippen LogP) is 3.86. The van der Waals surface area contributed by atoms with Crippen LogP contribution in [0.5, 0.6) is 5.75 Å². The Morgan fingerprint density at radius 1 is 1.18 bits per heavy atom. The monoisotopic (exact) mass is 458 g/mol. The van der Waals surface area contributed by atoms with Gasteiger partial charge in [0.15, 0.2) is 12.4 Å². The first-order chi connectivity index (χ1) is 16.4. The van der Waals surface area contributed by atoms with Gasteiger partial charge in [-0.15, -0.1) is 0 Å². The third-order valence-electron chi connectivity index (χ3n) is 5.72. The average molecular weight is 459 g/mol. The summed E-state index contributed by atoms with van der Waals surface area (Å²) in [6.45, 7) is 6.77. The van der Waals surface area contributed by atoms with Crippen LogP contribution in [0.2, 0.25) is 0 Å². The van der Waals surface area contributed by atoms with E-state index in [1.807, 2.05) is 25.1 Å². The number of hydrogen-bond donors (Lipinski definition) is 1. The molecule has 3 aromatic rings. The van der Waals surface area contributed by atoms with E-state index in [1.54, 1.807) is 49.1 Å². The van der Waals surface area contributed by atoms with E-state index in [1.165, 1.54) is 4.90 Å². The van der Waals surface area contributed by atoms with Crippen LogP contribution in [0.1, 0.15) is 42.1 Å². The van der Waals surface area contributed by atoms with Crippen LogP contribution < -0.4 is 9.72 Å². The van der Waals surface area contributed by atoms with Crippen molar-refractivity contribution in [3.05, 3.63) is 95.1 Å². The molecule has 34 heavy (non-hydrogen) atoms. The molecule has 1 aliphatic heterocycles. The molecule has 0 radical (unpaired) electrons. The van der Waals surface area contributed by atoms with Crippen LogP contribution >= 0.6 is 0 Å². The highest BCUT2D eigenvalue weighted by molar-refractivity contribution is 6.46. The number of ether oxygens (including phenoxy) is 1. The Morgan fingerprint density at radius 2 is 1.94 bits per heavy atom. The zero-order valence-corrected chi connectivity index (χ0v) is 19.5. The van der Waals surface area contributed by atoms with Crippen molar-refractivity contribution in [1.29, 1.82) is 0 Å². The fraction of sp³-hybridized carbons (Fsp3) is 0.259. The molecule has 0 saturated carbocycles. The molecule has 1 amide bonds. The third kappa shape index (κ3) is 4.69. The molecule has 3 heterocycles. The van der Waals surface area contributed by atoms with Crippen LogP contribution in [0.4, 0.5) is 0 Å². The van der Waals surface area contributed by atoms with E-state index in [0.29, 0.717) is 29.4 Å². The first-order valence-corrected chi connectivity index (χ1v) is 11.2. The number of aliphatic hydroxyl groups is 1. The number of hydrogen-bond acceptors (Lipinski definition) is 5. The molecule has 1 unspecified atom stereocenters. The fourth-order valence-corrected chi connectivity index (χ4v) is 4.06. The van der Waals surface area contributed by atoms with Gasteiger partial charge >= 0.3 is 0 Å². The molecule has 1 aromatic carbocycles. The molecule has 0 bridgehead atoms. The predicted molar refractivity (Wildman–Crippen MR) is 127 cm³/mol. The lowest BCUT2D eigenvalue weighted by Crippen LogP contribution is -2.29. The number of rotatable bonds is 7. The quantitative estimate of drug-likeness (QED) is 0.330. The molecule has 1 aliphatic rings. The number of amides is 1. The lowest BCUT2D eigenvalue weighted by molar-refractivity contribution is -0.378. The number of H-pyrrole nitrogens is 1. The van der Waals surface area contributed by atoms with Gasteiger partial charge in [0.25, 0.3) is 11.7 Å². The van der Waals surface area contributed by atoms with Gasteiger partial charge < -0.3 is 14.7 Å². The average Bonchev–Trinajstić information content (AvgIpc) is 3.08. The minimum absolute atomic E-state index is 0.0649. The molecule has 2 aromatic heterocycles. The maximum atomic E-state index is 13.2. The molecule has 7 nitrogen and oxygen atoms in total. The molecule has 1 atom stereocenters. The molecule has 0 aliphatic carbocycles. The van der Waals surface area contributed by atoms with Crippen molar-refractivity contribution in [3.63, 3.8) is 0 Å². The van der Waals surface area contributed by atoms with Crippen molar-refractivity contribution < 1.29 is 24.4 Å². The van der Waals surface area contributed by atoms with E-state index >= 15 is 0 Å². The highest BCUT2D eigenvalue weighted by atomic mass is 16.5. The lowest BCUT2D eigenvalue weighted by Gasteiger charge is -2.25. The Labute approximate surface area is 198 Å². The normalized spacial score (nSPS) is 17.4. The maximum Gasteiger partial charge on any atom is 0.295 e. The Kier molecular flexibility index (Phi) is 6.72. The minimum Gasteiger partial charge on any atom is -0.507 e. The number of aliphatic hydroxyl groups excluding tert-OH is 1. The van der Waals surface area contributed by atoms with E-state index in [4.69, 9.17) is 4.74 Å². The number of pyridine rings is 2. The Morgan fingerprint density at radius 3 is 2.59 bits per heavy atom. The maximum absolute atomic E-state index is 13.2. The lowest BCUT2D eigenvalue weighted by atomic mass is 9.94. The van der Waals surface area contributed by atoms with Crippen LogP contribution in [0.15, 0.2) is 72.8 Å². The number of likely N-dealkylation sites (tertiary alicyclic amines) is 1. The summed E-state index contributed by atoms with van der Waals surface area (Å²) in [4.78, 5) is 34.9. The summed E-state index contributed by atoms with van der Waals surface area (Å²) in [7, 11) is 0. The molecule has 1 fully saturated rings. The van der Waals surface area contributed by atoms with Crippen molar-refractivity contribution in [2.24, 2.45) is 5.92 Å². The number of nitrogens with one attached hydrogen (secondary N) is 1. The molecule has 1 saturated heterocycles. The third-order valence-corrected chi connectivity index (χ3v) is 5.72. The van der Waals surface area contributed by atoms with Crippen molar-refractivity contribution >= 4 is 17.4 Å². The zero-order valence-electron chi connectivity index (χ0n) is 19.5. The zero-order chi connectivity index (χ0) is 24.2. The van der Waals surface area contributed by atoms with Gasteiger partial charge in [-0.25, -0.2) is 4.98 Å². The second kappa shape index (κ2) is 9.87. The smallest absolute Gasteiger partial charge is 0.295 e. The van der Waals surface area contributed by atoms with Crippen molar-refractivity contribution in [2.75, 3.05) is 6.61 Å². The molecule has 7 heteroatoms. The Balaban J connectivity index is 1.78. The SMILES string of the molecule is Cc1cc(OCC(C)C)ccc1C(O)=C1C(=O)C(=O)N(Cc2ccc[nH+]c2)C1c1ccncc1. The highest BCUT2D eigenvalue weighted by Crippen LogP contribution is 2.40. The summed E-state index contributed by atoms with van der Waals surface area (Å²) in [5, 5.41) is 11.3. The molecule has 0 spiro atoms. The first-order valence-electron chi connectivity index (χ1n) is 11.2. The first kappa shape index (κ1) is 23.2. The summed E-state index contributed by atoms with van der Waals surface area (Å²) < 4.78 is 5.78. The van der Waals surface area contributed by atoms with Gasteiger partial charge in [-0.1, -0.05) is 13.8 Å². The Bertz CT molecular complexity index is 1220. The van der Waals surface area contributed by atoms with Crippen LogP contribution in [-0.2, 0) is 16.1 Å². The van der Waals surface area contributed by atoms with Crippen LogP contribution in [-0.4, -0.2) is 33.3 Å². The van der Waals surface area contributed by atoms with Crippen molar-refractivity contribution in [1.82, 2.24) is 9.88 Å². The number of carbonyl (C=O) groups is 2. The molecular formula is C27H28N3O4+. The van der Waals surface area contributed by atoms with Gasteiger partial charge in [-0.3, -0.25) is 14.6 Å². The van der Waals surface area contributed by atoms with Crippen molar-refractivity contribution in [3.8, 4) is 5.75 Å². The summed E-state index contributed by atoms with van der Waals surface area (Å²) in [5.41, 5.74) is 2.84. The standard InChI is InChI=1S/C27H27N3O4/c1-17(2)16-34-21-6-7-22(18(3)13-21)25(31)23-24(20-8-11-28-12-9-20)30(27(33)26(23)32)15-19-5-4-10-29-14-19/h4-14,17,24,31H,15-16H2,1-3H3/p+1. The van der Waals surface area contributed by atoms with Gasteiger partial charge in [0.2, 0.25) is 0 Å². The summed E-state index contributed by atoms with van der Waals surface area (Å²) in [6, 6.07) is 11.8. The number of Topliss-reactive ketones (excluding diaryl/α,β-unsaturated/α-hetero) is 1. The molecular weight excluding hydrogens is 430 g/mol. The number of nitrogens with zero attached hydrogens (tertiary/aromatic N) is 2. The molecule has 2 N–H and O–H groups in total. The van der Waals surface area contributed by atoms with Crippen LogP contribution in [0.3, 0.4) is 0 Å². The summed E-state index contributed by atoms with van der Waals surface area (Å²) in [5.74, 6) is -0.489. The Hall–Kier alpha value is -4.00. The minimum atomic E-state index is -0.737. The van der Waals surface area contributed by atoms with Crippen LogP contribution in [0.25, 0.3) is 5.76 Å². The number of benzene rings is 1. The van der Waals surface area contributed by atoms with E-state index in [2.05, 4.69) is 23.8 Å². The number of ketones is 1. The van der Waals surface area contributed by atoms with Crippen LogP contribution in [0, 0.1) is 12.8 Å². The largest absolute Gasteiger partial charge is 0.507 e. The second-order valence-corrected chi connectivity index (χ2v) is 8.80. The van der Waals surface area contributed by atoms with Gasteiger partial charge in [0.1, 0.15) is 11.5 Å². The van der Waals surface area contributed by atoms with Gasteiger partial charge in [0, 0.05) is 29.6 Å². The molecule has 4 rings (SSSR count). The summed E-state index contributed by atoms with van der Waals surface area (Å²) >= 11 is 0. The number of aromatic amines is 1. The number of aromatic nitrogens is 2. The van der Waals surface area contributed by atoms with Gasteiger partial charge in [-0.05, 0) is 60.4 Å². The molecule has 174 valence electrons. The number of carbonyl (C=O) groups excluding carboxylic acids is 2. The topological polar surface area (TPSA) is 93.9 Å². The van der Waals surface area contributed by atoms with E-state index in [0.717, 1.165) is 11.1 Å².